The fourth-order valence-corrected chi connectivity index (χ4v) is 1.38. The minimum atomic E-state index is -0.446. The monoisotopic (exact) mass is 192 g/mol. The van der Waals surface area contributed by atoms with Crippen LogP contribution in [0.3, 0.4) is 0 Å². The van der Waals surface area contributed by atoms with Gasteiger partial charge in [-0.25, -0.2) is 4.79 Å². The van der Waals surface area contributed by atoms with Gasteiger partial charge in [0, 0.05) is 12.5 Å². The molecule has 1 aromatic rings. The second kappa shape index (κ2) is 3.14. The quantitative estimate of drug-likeness (QED) is 0.496. The first-order chi connectivity index (χ1) is 6.68. The van der Waals surface area contributed by atoms with E-state index in [1.54, 1.807) is 18.2 Å². The standard InChI is InChI=1S/C10H8O4/c1-6(11)14-8-4-2-3-7-5-13-10(12)9(7)8/h2-4H,5H2,1H3. The van der Waals surface area contributed by atoms with Gasteiger partial charge < -0.3 is 9.47 Å². The maximum Gasteiger partial charge on any atom is 0.342 e. The van der Waals surface area contributed by atoms with Gasteiger partial charge in [0.15, 0.2) is 0 Å². The van der Waals surface area contributed by atoms with Crippen molar-refractivity contribution in [2.45, 2.75) is 13.5 Å². The van der Waals surface area contributed by atoms with Crippen LogP contribution in [-0.4, -0.2) is 11.9 Å². The topological polar surface area (TPSA) is 52.6 Å². The molecule has 0 unspecified atom stereocenters. The summed E-state index contributed by atoms with van der Waals surface area (Å²) in [5, 5.41) is 0. The van der Waals surface area contributed by atoms with Crippen molar-refractivity contribution in [1.82, 2.24) is 0 Å². The van der Waals surface area contributed by atoms with E-state index in [-0.39, 0.29) is 12.4 Å². The van der Waals surface area contributed by atoms with Gasteiger partial charge in [-0.05, 0) is 6.07 Å². The Morgan fingerprint density at radius 3 is 3.00 bits per heavy atom. The first-order valence-electron chi connectivity index (χ1n) is 4.16. The number of rotatable bonds is 1. The number of benzene rings is 1. The zero-order chi connectivity index (χ0) is 10.1. The fourth-order valence-electron chi connectivity index (χ4n) is 1.38. The third-order valence-electron chi connectivity index (χ3n) is 1.93. The predicted octanol–water partition coefficient (Wildman–Crippen LogP) is 1.28. The maximum atomic E-state index is 11.3. The van der Waals surface area contributed by atoms with Gasteiger partial charge in [-0.3, -0.25) is 4.79 Å². The molecule has 0 fully saturated rings. The van der Waals surface area contributed by atoms with Crippen LogP contribution in [0.5, 0.6) is 5.75 Å². The van der Waals surface area contributed by atoms with Gasteiger partial charge >= 0.3 is 11.9 Å². The van der Waals surface area contributed by atoms with E-state index in [1.165, 1.54) is 6.92 Å². The Morgan fingerprint density at radius 1 is 1.50 bits per heavy atom. The molecule has 0 saturated carbocycles. The molecule has 0 saturated heterocycles. The zero-order valence-electron chi connectivity index (χ0n) is 7.57. The molecule has 0 N–H and O–H groups in total. The Kier molecular flexibility index (Phi) is 1.96. The molecule has 1 aliphatic rings. The number of hydrogen-bond donors (Lipinski definition) is 0. The third-order valence-corrected chi connectivity index (χ3v) is 1.93. The molecule has 4 heteroatoms. The summed E-state index contributed by atoms with van der Waals surface area (Å²) in [4.78, 5) is 22.0. The van der Waals surface area contributed by atoms with Crippen LogP contribution in [0.25, 0.3) is 0 Å². The second-order valence-corrected chi connectivity index (χ2v) is 2.96. The van der Waals surface area contributed by atoms with Crippen LogP contribution in [0, 0.1) is 0 Å². The first kappa shape index (κ1) is 8.74. The number of fused-ring (bicyclic) bond motifs is 1. The summed E-state index contributed by atoms with van der Waals surface area (Å²) in [5.74, 6) is -0.604. The first-order valence-corrected chi connectivity index (χ1v) is 4.16. The lowest BCUT2D eigenvalue weighted by molar-refractivity contribution is -0.131. The molecule has 0 radical (unpaired) electrons. The molecule has 14 heavy (non-hydrogen) atoms. The largest absolute Gasteiger partial charge is 0.457 e. The Hall–Kier alpha value is -1.84. The third kappa shape index (κ3) is 1.35. The average Bonchev–Trinajstić information content (AvgIpc) is 2.48. The van der Waals surface area contributed by atoms with Crippen LogP contribution in [0.2, 0.25) is 0 Å². The lowest BCUT2D eigenvalue weighted by atomic mass is 10.1. The van der Waals surface area contributed by atoms with Crippen molar-refractivity contribution in [1.29, 1.82) is 0 Å². The van der Waals surface area contributed by atoms with Gasteiger partial charge in [-0.15, -0.1) is 0 Å². The van der Waals surface area contributed by atoms with E-state index >= 15 is 0 Å². The summed E-state index contributed by atoms with van der Waals surface area (Å²) in [7, 11) is 0. The molecule has 0 aliphatic carbocycles. The Labute approximate surface area is 80.4 Å². The van der Waals surface area contributed by atoms with Gasteiger partial charge in [0.2, 0.25) is 0 Å². The molecule has 0 atom stereocenters. The summed E-state index contributed by atoms with van der Waals surface area (Å²) < 4.78 is 9.70. The van der Waals surface area contributed by atoms with Gasteiger partial charge in [0.25, 0.3) is 0 Å². The summed E-state index contributed by atoms with van der Waals surface area (Å²) in [5.41, 5.74) is 1.12. The van der Waals surface area contributed by atoms with Crippen LogP contribution in [0.1, 0.15) is 22.8 Å². The van der Waals surface area contributed by atoms with Crippen LogP contribution in [-0.2, 0) is 16.1 Å². The van der Waals surface area contributed by atoms with E-state index in [1.807, 2.05) is 0 Å². The minimum absolute atomic E-state index is 0.253. The van der Waals surface area contributed by atoms with E-state index in [9.17, 15) is 9.59 Å². The van der Waals surface area contributed by atoms with E-state index < -0.39 is 11.9 Å². The summed E-state index contributed by atoms with van der Waals surface area (Å²) in [6.45, 7) is 1.54. The molecule has 72 valence electrons. The van der Waals surface area contributed by atoms with Gasteiger partial charge in [-0.1, -0.05) is 12.1 Å². The van der Waals surface area contributed by atoms with Crippen molar-refractivity contribution in [2.75, 3.05) is 0 Å². The number of carbonyl (C=O) groups is 2. The van der Waals surface area contributed by atoms with Crippen LogP contribution in [0.4, 0.5) is 0 Å². The molecule has 1 aliphatic heterocycles. The number of cyclic esters (lactones) is 1. The van der Waals surface area contributed by atoms with Crippen LogP contribution in [0.15, 0.2) is 18.2 Å². The molecular weight excluding hydrogens is 184 g/mol. The second-order valence-electron chi connectivity index (χ2n) is 2.96. The number of ether oxygens (including phenoxy) is 2. The zero-order valence-corrected chi connectivity index (χ0v) is 7.57. The number of carbonyl (C=O) groups excluding carboxylic acids is 2. The summed E-state index contributed by atoms with van der Waals surface area (Å²) in [6, 6.07) is 5.07. The van der Waals surface area contributed by atoms with E-state index in [4.69, 9.17) is 9.47 Å². The van der Waals surface area contributed by atoms with Crippen LogP contribution >= 0.6 is 0 Å². The highest BCUT2D eigenvalue weighted by atomic mass is 16.6. The maximum absolute atomic E-state index is 11.3. The average molecular weight is 192 g/mol. The van der Waals surface area contributed by atoms with Crippen molar-refractivity contribution in [3.05, 3.63) is 29.3 Å². The highest BCUT2D eigenvalue weighted by Crippen LogP contribution is 2.28. The summed E-state index contributed by atoms with van der Waals surface area (Å²) in [6.07, 6.45) is 0. The molecule has 4 nitrogen and oxygen atoms in total. The van der Waals surface area contributed by atoms with Crippen molar-refractivity contribution >= 4 is 11.9 Å². The normalized spacial score (nSPS) is 13.4. The number of hydrogen-bond acceptors (Lipinski definition) is 4. The summed E-state index contributed by atoms with van der Waals surface area (Å²) >= 11 is 0. The molecule has 1 heterocycles. The van der Waals surface area contributed by atoms with Crippen molar-refractivity contribution in [2.24, 2.45) is 0 Å². The van der Waals surface area contributed by atoms with Gasteiger partial charge in [0.1, 0.15) is 17.9 Å². The molecule has 1 aromatic carbocycles. The molecular formula is C10H8O4. The van der Waals surface area contributed by atoms with Crippen LogP contribution < -0.4 is 4.74 Å². The predicted molar refractivity (Wildman–Crippen MR) is 46.9 cm³/mol. The van der Waals surface area contributed by atoms with Crippen molar-refractivity contribution in [3.63, 3.8) is 0 Å². The van der Waals surface area contributed by atoms with Gasteiger partial charge in [-0.2, -0.15) is 0 Å². The number of esters is 2. The Bertz CT molecular complexity index is 409. The lowest BCUT2D eigenvalue weighted by Gasteiger charge is -2.03. The Morgan fingerprint density at radius 2 is 2.29 bits per heavy atom. The minimum Gasteiger partial charge on any atom is -0.457 e. The molecule has 0 amide bonds. The van der Waals surface area contributed by atoms with Gasteiger partial charge in [0.05, 0.1) is 0 Å². The van der Waals surface area contributed by atoms with E-state index in [0.29, 0.717) is 5.56 Å². The van der Waals surface area contributed by atoms with E-state index in [2.05, 4.69) is 0 Å². The van der Waals surface area contributed by atoms with Crippen molar-refractivity contribution in [3.8, 4) is 5.75 Å². The molecule has 2 rings (SSSR count). The SMILES string of the molecule is CC(=O)Oc1cccc2c1C(=O)OC2. The highest BCUT2D eigenvalue weighted by Gasteiger charge is 2.25. The molecule has 0 aromatic heterocycles. The highest BCUT2D eigenvalue weighted by molar-refractivity contribution is 5.97. The molecule has 0 bridgehead atoms. The molecule has 0 spiro atoms. The lowest BCUT2D eigenvalue weighted by Crippen LogP contribution is -2.06. The fraction of sp³-hybridized carbons (Fsp3) is 0.200. The Balaban J connectivity index is 2.46. The smallest absolute Gasteiger partial charge is 0.342 e. The van der Waals surface area contributed by atoms with Crippen molar-refractivity contribution < 1.29 is 19.1 Å². The van der Waals surface area contributed by atoms with E-state index in [0.717, 1.165) is 5.56 Å².